The van der Waals surface area contributed by atoms with E-state index < -0.39 is 0 Å². The minimum atomic E-state index is -0.317. The van der Waals surface area contributed by atoms with Crippen LogP contribution in [0.25, 0.3) is 6.08 Å². The topological polar surface area (TPSA) is 46.5 Å². The van der Waals surface area contributed by atoms with E-state index in [9.17, 15) is 4.79 Å². The molecule has 0 aliphatic rings. The molecule has 1 aromatic rings. The zero-order valence-corrected chi connectivity index (χ0v) is 10.8. The van der Waals surface area contributed by atoms with Crippen LogP contribution in [-0.4, -0.2) is 24.3 Å². The van der Waals surface area contributed by atoms with Gasteiger partial charge in [-0.2, -0.15) is 0 Å². The fourth-order valence-corrected chi connectivity index (χ4v) is 1.57. The Balaban J connectivity index is 2.57. The maximum absolute atomic E-state index is 11.4. The summed E-state index contributed by atoms with van der Waals surface area (Å²) < 4.78 is 5.03. The molecule has 0 bridgehead atoms. The normalized spacial score (nSPS) is 10.8. The van der Waals surface area contributed by atoms with Gasteiger partial charge in [0.15, 0.2) is 0 Å². The van der Waals surface area contributed by atoms with Gasteiger partial charge in [0.2, 0.25) is 0 Å². The number of ether oxygens (including phenoxy) is 1. The molecule has 0 saturated heterocycles. The number of aliphatic hydroxyl groups is 1. The zero-order valence-electron chi connectivity index (χ0n) is 10.8. The Morgan fingerprint density at radius 1 is 1.39 bits per heavy atom. The van der Waals surface area contributed by atoms with Crippen LogP contribution in [0.15, 0.2) is 30.3 Å². The predicted octanol–water partition coefficient (Wildman–Crippen LogP) is 2.58. The Labute approximate surface area is 108 Å². The summed E-state index contributed by atoms with van der Waals surface area (Å²) in [6.45, 7) is 2.62. The Morgan fingerprint density at radius 3 is 2.89 bits per heavy atom. The van der Waals surface area contributed by atoms with Gasteiger partial charge in [0.05, 0.1) is 6.61 Å². The number of rotatable bonds is 7. The van der Waals surface area contributed by atoms with Crippen LogP contribution < -0.4 is 0 Å². The Kier molecular flexibility index (Phi) is 6.81. The fourth-order valence-electron chi connectivity index (χ4n) is 1.57. The maximum Gasteiger partial charge on any atom is 0.330 e. The first-order chi connectivity index (χ1) is 8.77. The van der Waals surface area contributed by atoms with E-state index in [1.54, 1.807) is 6.08 Å². The van der Waals surface area contributed by atoms with E-state index in [1.807, 2.05) is 24.3 Å². The monoisotopic (exact) mass is 248 g/mol. The third-order valence-electron chi connectivity index (χ3n) is 2.58. The number of benzene rings is 1. The molecule has 0 saturated carbocycles. The maximum atomic E-state index is 11.4. The van der Waals surface area contributed by atoms with Crippen LogP contribution in [-0.2, 0) is 16.0 Å². The van der Waals surface area contributed by atoms with Gasteiger partial charge in [0, 0.05) is 12.7 Å². The van der Waals surface area contributed by atoms with E-state index >= 15 is 0 Å². The third-order valence-corrected chi connectivity index (χ3v) is 2.58. The number of unbranched alkanes of at least 4 members (excludes halogenated alkanes) is 1. The second-order valence-electron chi connectivity index (χ2n) is 4.03. The van der Waals surface area contributed by atoms with Gasteiger partial charge in [0.25, 0.3) is 0 Å². The molecule has 0 radical (unpaired) electrons. The average molecular weight is 248 g/mol. The van der Waals surface area contributed by atoms with Gasteiger partial charge in [0.1, 0.15) is 0 Å². The fraction of sp³-hybridized carbons (Fsp3) is 0.400. The second-order valence-corrected chi connectivity index (χ2v) is 4.03. The van der Waals surface area contributed by atoms with Crippen molar-refractivity contribution in [3.63, 3.8) is 0 Å². The summed E-state index contributed by atoms with van der Waals surface area (Å²) in [4.78, 5) is 11.4. The molecule has 0 atom stereocenters. The second kappa shape index (κ2) is 8.48. The molecular weight excluding hydrogens is 228 g/mol. The van der Waals surface area contributed by atoms with Crippen LogP contribution in [0.1, 0.15) is 30.9 Å². The highest BCUT2D eigenvalue weighted by Gasteiger charge is 2.00. The molecule has 1 N–H and O–H groups in total. The number of carbonyl (C=O) groups is 1. The molecule has 3 heteroatoms. The Bertz CT molecular complexity index is 396. The molecule has 1 aromatic carbocycles. The first-order valence-electron chi connectivity index (χ1n) is 6.31. The molecule has 18 heavy (non-hydrogen) atoms. The molecule has 98 valence electrons. The average Bonchev–Trinajstić information content (AvgIpc) is 2.38. The lowest BCUT2D eigenvalue weighted by molar-refractivity contribution is -0.137. The largest absolute Gasteiger partial charge is 0.463 e. The molecule has 0 heterocycles. The van der Waals surface area contributed by atoms with Crippen molar-refractivity contribution in [3.05, 3.63) is 41.5 Å². The van der Waals surface area contributed by atoms with Crippen molar-refractivity contribution in [1.29, 1.82) is 0 Å². The summed E-state index contributed by atoms with van der Waals surface area (Å²) in [6.07, 6.45) is 5.66. The third kappa shape index (κ3) is 5.15. The standard InChI is InChI=1S/C15H20O3/c1-2-3-12-18-15(17)9-8-13-6-4-5-7-14(13)10-11-16/h4-9,16H,2-3,10-12H2,1H3/b9-8+. The van der Waals surface area contributed by atoms with Crippen molar-refractivity contribution >= 4 is 12.0 Å². The Hall–Kier alpha value is -1.61. The van der Waals surface area contributed by atoms with Crippen molar-refractivity contribution in [2.45, 2.75) is 26.2 Å². The van der Waals surface area contributed by atoms with Crippen molar-refractivity contribution < 1.29 is 14.6 Å². The van der Waals surface area contributed by atoms with Crippen LogP contribution in [0.5, 0.6) is 0 Å². The highest BCUT2D eigenvalue weighted by Crippen LogP contribution is 2.11. The van der Waals surface area contributed by atoms with E-state index in [1.165, 1.54) is 6.08 Å². The first-order valence-corrected chi connectivity index (χ1v) is 6.31. The van der Waals surface area contributed by atoms with Crippen LogP contribution in [0.4, 0.5) is 0 Å². The molecule has 1 rings (SSSR count). The predicted molar refractivity (Wildman–Crippen MR) is 72.1 cm³/mol. The van der Waals surface area contributed by atoms with Crippen molar-refractivity contribution in [2.24, 2.45) is 0 Å². The van der Waals surface area contributed by atoms with E-state index in [-0.39, 0.29) is 12.6 Å². The highest BCUT2D eigenvalue weighted by atomic mass is 16.5. The van der Waals surface area contributed by atoms with Crippen molar-refractivity contribution in [1.82, 2.24) is 0 Å². The molecule has 0 aromatic heterocycles. The summed E-state index contributed by atoms with van der Waals surface area (Å²) in [7, 11) is 0. The lowest BCUT2D eigenvalue weighted by Gasteiger charge is -2.03. The van der Waals surface area contributed by atoms with Gasteiger partial charge in [-0.3, -0.25) is 0 Å². The molecule has 0 aliphatic heterocycles. The molecule has 0 fully saturated rings. The van der Waals surface area contributed by atoms with Crippen LogP contribution in [0, 0.1) is 0 Å². The van der Waals surface area contributed by atoms with Crippen molar-refractivity contribution in [3.8, 4) is 0 Å². The van der Waals surface area contributed by atoms with E-state index in [0.29, 0.717) is 13.0 Å². The molecule has 0 aliphatic carbocycles. The van der Waals surface area contributed by atoms with Gasteiger partial charge in [-0.25, -0.2) is 4.79 Å². The van der Waals surface area contributed by atoms with Gasteiger partial charge < -0.3 is 9.84 Å². The smallest absolute Gasteiger partial charge is 0.330 e. The number of hydrogen-bond donors (Lipinski definition) is 1. The SMILES string of the molecule is CCCCOC(=O)/C=C/c1ccccc1CCO. The van der Waals surface area contributed by atoms with E-state index in [2.05, 4.69) is 6.92 Å². The molecule has 0 spiro atoms. The summed E-state index contributed by atoms with van der Waals surface area (Å²) >= 11 is 0. The molecule has 0 unspecified atom stereocenters. The zero-order chi connectivity index (χ0) is 13.2. The van der Waals surface area contributed by atoms with Crippen molar-refractivity contribution in [2.75, 3.05) is 13.2 Å². The highest BCUT2D eigenvalue weighted by molar-refractivity contribution is 5.87. The summed E-state index contributed by atoms with van der Waals surface area (Å²) in [5, 5.41) is 8.95. The summed E-state index contributed by atoms with van der Waals surface area (Å²) in [5.41, 5.74) is 1.97. The van der Waals surface area contributed by atoms with E-state index in [0.717, 1.165) is 24.0 Å². The molecule has 3 nitrogen and oxygen atoms in total. The number of carbonyl (C=O) groups excluding carboxylic acids is 1. The first kappa shape index (κ1) is 14.5. The molecule has 0 amide bonds. The van der Waals surface area contributed by atoms with Gasteiger partial charge >= 0.3 is 5.97 Å². The van der Waals surface area contributed by atoms with Crippen LogP contribution in [0.2, 0.25) is 0 Å². The Morgan fingerprint density at radius 2 is 2.17 bits per heavy atom. The van der Waals surface area contributed by atoms with Crippen LogP contribution in [0.3, 0.4) is 0 Å². The summed E-state index contributed by atoms with van der Waals surface area (Å²) in [5.74, 6) is -0.317. The lowest BCUT2D eigenvalue weighted by atomic mass is 10.0. The quantitative estimate of drug-likeness (QED) is 0.458. The molecular formula is C15H20O3. The summed E-state index contributed by atoms with van der Waals surface area (Å²) in [6, 6.07) is 7.68. The number of hydrogen-bond acceptors (Lipinski definition) is 3. The van der Waals surface area contributed by atoms with Crippen LogP contribution >= 0.6 is 0 Å². The number of aliphatic hydroxyl groups excluding tert-OH is 1. The van der Waals surface area contributed by atoms with Gasteiger partial charge in [-0.15, -0.1) is 0 Å². The minimum Gasteiger partial charge on any atom is -0.463 e. The lowest BCUT2D eigenvalue weighted by Crippen LogP contribution is -2.02. The van der Waals surface area contributed by atoms with Gasteiger partial charge in [-0.1, -0.05) is 37.6 Å². The minimum absolute atomic E-state index is 0.103. The number of esters is 1. The van der Waals surface area contributed by atoms with Gasteiger partial charge in [-0.05, 0) is 30.0 Å². The van der Waals surface area contributed by atoms with E-state index in [4.69, 9.17) is 9.84 Å².